The fourth-order valence-electron chi connectivity index (χ4n) is 2.83. The van der Waals surface area contributed by atoms with Gasteiger partial charge >= 0.3 is 5.97 Å². The average Bonchev–Trinajstić information content (AvgIpc) is 3.22. The van der Waals surface area contributed by atoms with Crippen molar-refractivity contribution in [3.63, 3.8) is 0 Å². The number of amides is 3. The minimum absolute atomic E-state index is 0.164. The number of para-hydroxylation sites is 1. The fourth-order valence-corrected chi connectivity index (χ4v) is 2.83. The highest BCUT2D eigenvalue weighted by Gasteiger charge is 2.38. The lowest BCUT2D eigenvalue weighted by atomic mass is 10.1. The van der Waals surface area contributed by atoms with E-state index in [0.29, 0.717) is 5.06 Å². The smallest absolute Gasteiger partial charge is 0.351 e. The van der Waals surface area contributed by atoms with Gasteiger partial charge in [-0.05, 0) is 24.3 Å². The zero-order valence-electron chi connectivity index (χ0n) is 13.9. The van der Waals surface area contributed by atoms with Gasteiger partial charge in [0.2, 0.25) is 0 Å². The molecule has 8 nitrogen and oxygen atoms in total. The van der Waals surface area contributed by atoms with Gasteiger partial charge in [0.05, 0.1) is 11.1 Å². The number of imide groups is 1. The number of nitrogens with one attached hydrogen (secondary N) is 2. The van der Waals surface area contributed by atoms with Crippen molar-refractivity contribution in [2.45, 2.75) is 0 Å². The van der Waals surface area contributed by atoms with E-state index in [0.717, 1.165) is 10.9 Å². The highest BCUT2D eigenvalue weighted by molar-refractivity contribution is 6.20. The van der Waals surface area contributed by atoms with Gasteiger partial charge in [0.1, 0.15) is 12.2 Å². The zero-order valence-corrected chi connectivity index (χ0v) is 13.9. The Hall–Kier alpha value is -3.94. The quantitative estimate of drug-likeness (QED) is 0.685. The molecule has 134 valence electrons. The molecule has 1 aliphatic heterocycles. The van der Waals surface area contributed by atoms with Gasteiger partial charge < -0.3 is 15.1 Å². The molecule has 8 heteroatoms. The molecule has 0 unspecified atom stereocenters. The highest BCUT2D eigenvalue weighted by Crippen LogP contribution is 2.22. The van der Waals surface area contributed by atoms with Crippen LogP contribution in [0.25, 0.3) is 10.9 Å². The topological polar surface area (TPSA) is 109 Å². The van der Waals surface area contributed by atoms with Crippen molar-refractivity contribution in [2.75, 3.05) is 6.54 Å². The normalized spacial score (nSPS) is 13.0. The third-order valence-electron chi connectivity index (χ3n) is 4.12. The van der Waals surface area contributed by atoms with E-state index in [2.05, 4.69) is 10.3 Å². The van der Waals surface area contributed by atoms with Crippen LogP contribution in [0.3, 0.4) is 0 Å². The molecule has 0 spiro atoms. The molecule has 0 saturated carbocycles. The van der Waals surface area contributed by atoms with E-state index < -0.39 is 30.2 Å². The molecular formula is C19H13N3O5. The molecule has 0 radical (unpaired) electrons. The van der Waals surface area contributed by atoms with Gasteiger partial charge in [0, 0.05) is 10.9 Å². The zero-order chi connectivity index (χ0) is 19.0. The summed E-state index contributed by atoms with van der Waals surface area (Å²) in [6, 6.07) is 15.2. The first-order valence-corrected chi connectivity index (χ1v) is 8.09. The lowest BCUT2D eigenvalue weighted by Crippen LogP contribution is -2.38. The maximum absolute atomic E-state index is 12.2. The predicted octanol–water partition coefficient (Wildman–Crippen LogP) is 1.65. The van der Waals surface area contributed by atoms with Gasteiger partial charge in [0.25, 0.3) is 17.7 Å². The number of carbonyl (C=O) groups excluding carboxylic acids is 4. The molecule has 0 saturated heterocycles. The standard InChI is InChI=1S/C19H13N3O5/c23-16(27-22-18(25)12-6-2-3-7-13(12)19(22)26)10-20-17(24)15-9-11-5-1-4-8-14(11)21-15/h1-9,21H,10H2,(H,20,24). The molecule has 2 aromatic carbocycles. The summed E-state index contributed by atoms with van der Waals surface area (Å²) in [6.45, 7) is -0.498. The van der Waals surface area contributed by atoms with E-state index in [-0.39, 0.29) is 16.8 Å². The van der Waals surface area contributed by atoms with E-state index in [4.69, 9.17) is 4.84 Å². The van der Waals surface area contributed by atoms with Crippen LogP contribution in [0, 0.1) is 0 Å². The second-order valence-corrected chi connectivity index (χ2v) is 5.87. The molecule has 27 heavy (non-hydrogen) atoms. The minimum atomic E-state index is -0.936. The lowest BCUT2D eigenvalue weighted by Gasteiger charge is -2.12. The molecule has 2 heterocycles. The first kappa shape index (κ1) is 16.5. The largest absolute Gasteiger partial charge is 0.352 e. The Bertz CT molecular complexity index is 1030. The third-order valence-corrected chi connectivity index (χ3v) is 4.12. The van der Waals surface area contributed by atoms with Crippen molar-refractivity contribution in [1.82, 2.24) is 15.4 Å². The summed E-state index contributed by atoms with van der Waals surface area (Å²) >= 11 is 0. The molecule has 0 aliphatic carbocycles. The summed E-state index contributed by atoms with van der Waals surface area (Å²) in [7, 11) is 0. The number of H-pyrrole nitrogens is 1. The van der Waals surface area contributed by atoms with Crippen molar-refractivity contribution < 1.29 is 24.0 Å². The number of aromatic nitrogens is 1. The Morgan fingerprint density at radius 3 is 2.26 bits per heavy atom. The van der Waals surface area contributed by atoms with Crippen LogP contribution in [-0.2, 0) is 9.63 Å². The number of hydrogen-bond donors (Lipinski definition) is 2. The number of hydroxylamine groups is 2. The first-order chi connectivity index (χ1) is 13.0. The van der Waals surface area contributed by atoms with Gasteiger partial charge in [0.15, 0.2) is 0 Å². The summed E-state index contributed by atoms with van der Waals surface area (Å²) in [4.78, 5) is 56.2. The number of carbonyl (C=O) groups is 4. The number of nitrogens with zero attached hydrogens (tertiary/aromatic N) is 1. The fraction of sp³-hybridized carbons (Fsp3) is 0.0526. The highest BCUT2D eigenvalue weighted by atomic mass is 16.7. The number of fused-ring (bicyclic) bond motifs is 2. The van der Waals surface area contributed by atoms with Crippen LogP contribution in [0.5, 0.6) is 0 Å². The summed E-state index contributed by atoms with van der Waals surface area (Å²) in [5, 5.41) is 3.65. The van der Waals surface area contributed by atoms with Gasteiger partial charge in [-0.25, -0.2) is 4.79 Å². The molecule has 0 bridgehead atoms. The van der Waals surface area contributed by atoms with Crippen LogP contribution >= 0.6 is 0 Å². The molecule has 0 atom stereocenters. The molecule has 0 fully saturated rings. The lowest BCUT2D eigenvalue weighted by molar-refractivity contribution is -0.167. The van der Waals surface area contributed by atoms with Gasteiger partial charge in [-0.15, -0.1) is 0 Å². The molecule has 2 N–H and O–H groups in total. The van der Waals surface area contributed by atoms with Gasteiger partial charge in [-0.3, -0.25) is 14.4 Å². The van der Waals surface area contributed by atoms with Crippen LogP contribution in [0.1, 0.15) is 31.2 Å². The molecular weight excluding hydrogens is 350 g/mol. The van der Waals surface area contributed by atoms with Gasteiger partial charge in [-0.2, -0.15) is 0 Å². The number of aromatic amines is 1. The average molecular weight is 363 g/mol. The van der Waals surface area contributed by atoms with E-state index in [1.165, 1.54) is 12.1 Å². The van der Waals surface area contributed by atoms with Crippen LogP contribution in [0.2, 0.25) is 0 Å². The van der Waals surface area contributed by atoms with Crippen LogP contribution in [0.4, 0.5) is 0 Å². The number of hydrogen-bond acceptors (Lipinski definition) is 5. The number of benzene rings is 2. The van der Waals surface area contributed by atoms with Crippen molar-refractivity contribution >= 4 is 34.6 Å². The maximum Gasteiger partial charge on any atom is 0.352 e. The monoisotopic (exact) mass is 363 g/mol. The minimum Gasteiger partial charge on any atom is -0.351 e. The van der Waals surface area contributed by atoms with E-state index in [1.54, 1.807) is 18.2 Å². The predicted molar refractivity (Wildman–Crippen MR) is 93.7 cm³/mol. The van der Waals surface area contributed by atoms with E-state index in [1.807, 2.05) is 24.3 Å². The Morgan fingerprint density at radius 1 is 0.963 bits per heavy atom. The Kier molecular flexibility index (Phi) is 3.92. The molecule has 1 aromatic heterocycles. The maximum atomic E-state index is 12.2. The molecule has 3 aromatic rings. The van der Waals surface area contributed by atoms with Crippen molar-refractivity contribution in [1.29, 1.82) is 0 Å². The molecule has 4 rings (SSSR count). The van der Waals surface area contributed by atoms with Crippen molar-refractivity contribution in [3.8, 4) is 0 Å². The van der Waals surface area contributed by atoms with E-state index >= 15 is 0 Å². The van der Waals surface area contributed by atoms with Crippen LogP contribution in [0.15, 0.2) is 54.6 Å². The van der Waals surface area contributed by atoms with E-state index in [9.17, 15) is 19.2 Å². The second kappa shape index (κ2) is 6.41. The third kappa shape index (κ3) is 2.93. The van der Waals surface area contributed by atoms with Crippen LogP contribution in [-0.4, -0.2) is 40.3 Å². The molecule has 1 aliphatic rings. The Balaban J connectivity index is 1.38. The number of rotatable bonds is 4. The second-order valence-electron chi connectivity index (χ2n) is 5.87. The molecule has 3 amide bonds. The Morgan fingerprint density at radius 2 is 1.59 bits per heavy atom. The SMILES string of the molecule is O=C(CNC(=O)c1cc2ccccc2[nH]1)ON1C(=O)c2ccccc2C1=O. The summed E-state index contributed by atoms with van der Waals surface area (Å²) in [5.41, 5.74) is 1.40. The van der Waals surface area contributed by atoms with Gasteiger partial charge in [-0.1, -0.05) is 35.4 Å². The van der Waals surface area contributed by atoms with Crippen molar-refractivity contribution in [2.24, 2.45) is 0 Å². The van der Waals surface area contributed by atoms with Crippen LogP contribution < -0.4 is 5.32 Å². The first-order valence-electron chi connectivity index (χ1n) is 8.09. The summed E-state index contributed by atoms with van der Waals surface area (Å²) < 4.78 is 0. The Labute approximate surface area is 152 Å². The van der Waals surface area contributed by atoms with Crippen molar-refractivity contribution in [3.05, 3.63) is 71.4 Å². The summed E-state index contributed by atoms with van der Waals surface area (Å²) in [6.07, 6.45) is 0. The summed E-state index contributed by atoms with van der Waals surface area (Å²) in [5.74, 6) is -2.88.